The van der Waals surface area contributed by atoms with Gasteiger partial charge in [0, 0.05) is 1.43 Å². The Morgan fingerprint density at radius 1 is 0.765 bits per heavy atom. The third-order valence-corrected chi connectivity index (χ3v) is 5.74. The van der Waals surface area contributed by atoms with Crippen LogP contribution in [0.15, 0.2) is 91.0 Å². The van der Waals surface area contributed by atoms with Crippen LogP contribution in [0.3, 0.4) is 0 Å². The fraction of sp³-hybridized carbons (Fsp3) is 0.419. The molecule has 0 radical (unpaired) electrons. The number of nitrogens with two attached hydrogens (primary N) is 1. The summed E-state index contributed by atoms with van der Waals surface area (Å²) in [5.41, 5.74) is 8.93. The lowest BCUT2D eigenvalue weighted by Crippen LogP contribution is -2.28. The molecule has 0 aromatic heterocycles. The largest absolute Gasteiger partial charge is 0.384 e. The summed E-state index contributed by atoms with van der Waals surface area (Å²) in [6, 6.07) is 30.0. The maximum absolute atomic E-state index is 9.99. The summed E-state index contributed by atoms with van der Waals surface area (Å²) in [5.74, 6) is 0.636. The van der Waals surface area contributed by atoms with Crippen LogP contribution in [-0.4, -0.2) is 24.7 Å². The van der Waals surface area contributed by atoms with E-state index in [-0.39, 0.29) is 1.43 Å². The number of aryl methyl sites for hydroxylation is 1. The molecule has 0 heterocycles. The van der Waals surface area contributed by atoms with Gasteiger partial charge in [-0.05, 0) is 55.1 Å². The van der Waals surface area contributed by atoms with E-state index >= 15 is 0 Å². The molecular formula is C31H48N2O. The lowest BCUT2D eigenvalue weighted by atomic mass is 10.0. The van der Waals surface area contributed by atoms with Crippen LogP contribution in [0.5, 0.6) is 0 Å². The molecule has 0 saturated carbocycles. The first-order valence-corrected chi connectivity index (χ1v) is 12.9. The van der Waals surface area contributed by atoms with Gasteiger partial charge in [0.25, 0.3) is 0 Å². The Balaban J connectivity index is 0.000000562. The molecule has 0 amide bonds. The minimum atomic E-state index is -0.516. The van der Waals surface area contributed by atoms with Crippen molar-refractivity contribution < 1.29 is 6.53 Å². The van der Waals surface area contributed by atoms with E-state index in [0.717, 1.165) is 37.2 Å². The predicted molar refractivity (Wildman–Crippen MR) is 150 cm³/mol. The van der Waals surface area contributed by atoms with Crippen molar-refractivity contribution in [3.8, 4) is 0 Å². The summed E-state index contributed by atoms with van der Waals surface area (Å²) < 4.78 is 0. The quantitative estimate of drug-likeness (QED) is 0.267. The van der Waals surface area contributed by atoms with E-state index in [0.29, 0.717) is 5.92 Å². The Labute approximate surface area is 209 Å². The monoisotopic (exact) mass is 464 g/mol. The van der Waals surface area contributed by atoms with Crippen LogP contribution in [0.4, 0.5) is 0 Å². The molecular weight excluding hydrogens is 416 g/mol. The Hall–Kier alpha value is -2.46. The zero-order chi connectivity index (χ0) is 24.9. The van der Waals surface area contributed by atoms with E-state index in [4.69, 9.17) is 5.73 Å². The normalized spacial score (nSPS) is 11.1. The molecule has 4 N–H and O–H groups in total. The third-order valence-electron chi connectivity index (χ3n) is 5.74. The molecule has 34 heavy (non-hydrogen) atoms. The van der Waals surface area contributed by atoms with Gasteiger partial charge in [-0.2, -0.15) is 0 Å². The van der Waals surface area contributed by atoms with Crippen LogP contribution in [-0.2, 0) is 6.42 Å². The average Bonchev–Trinajstić information content (AvgIpc) is 2.92. The number of aliphatic hydroxyl groups is 1. The second-order valence-corrected chi connectivity index (χ2v) is 8.53. The Morgan fingerprint density at radius 2 is 1.24 bits per heavy atom. The molecule has 0 aliphatic rings. The number of nitrogens with one attached hydrogen (secondary N) is 1. The fourth-order valence-electron chi connectivity index (χ4n) is 3.23. The molecule has 0 aliphatic carbocycles. The van der Waals surface area contributed by atoms with Crippen molar-refractivity contribution in [1.82, 2.24) is 5.32 Å². The molecule has 0 bridgehead atoms. The maximum atomic E-state index is 9.99. The fourth-order valence-corrected chi connectivity index (χ4v) is 3.23. The highest BCUT2D eigenvalue weighted by molar-refractivity contribution is 5.29. The van der Waals surface area contributed by atoms with Gasteiger partial charge < -0.3 is 16.2 Å². The number of hydrogen-bond acceptors (Lipinski definition) is 3. The van der Waals surface area contributed by atoms with Crippen molar-refractivity contribution in [2.75, 3.05) is 19.6 Å². The molecule has 0 aliphatic heterocycles. The number of hydrogen-bond donors (Lipinski definition) is 3. The van der Waals surface area contributed by atoms with Gasteiger partial charge in [0.05, 0.1) is 0 Å². The van der Waals surface area contributed by atoms with Crippen LogP contribution in [0.25, 0.3) is 0 Å². The second-order valence-electron chi connectivity index (χ2n) is 8.53. The molecule has 188 valence electrons. The Kier molecular flexibility index (Phi) is 17.4. The van der Waals surface area contributed by atoms with E-state index in [9.17, 15) is 5.11 Å². The first-order valence-electron chi connectivity index (χ1n) is 12.9. The van der Waals surface area contributed by atoms with Gasteiger partial charge >= 0.3 is 0 Å². The van der Waals surface area contributed by atoms with Crippen LogP contribution in [0.2, 0.25) is 0 Å². The standard InChI is InChI=1S/C14H24N2.C13H12O.C4H10.H2/c1-2-13(11-15)12-16-10-6-9-14-7-4-3-5-8-14;14-13(11-7-3-1-4-8-11)12-9-5-2-6-10-12;1-3-4-2;/h3-5,7-8,13,16H,2,6,9-12,15H2,1H3;1-10,13-14H;3-4H2,1-2H3;1H. The summed E-state index contributed by atoms with van der Waals surface area (Å²) in [7, 11) is 0. The van der Waals surface area contributed by atoms with Crippen molar-refractivity contribution >= 4 is 0 Å². The Morgan fingerprint density at radius 3 is 1.65 bits per heavy atom. The molecule has 0 spiro atoms. The van der Waals surface area contributed by atoms with E-state index in [1.165, 1.54) is 31.2 Å². The second kappa shape index (κ2) is 20.0. The SMILES string of the molecule is CCC(CN)CNCCCc1ccccc1.CCCC.OC(c1ccccc1)c1ccccc1.[HH]. The molecule has 3 aromatic rings. The van der Waals surface area contributed by atoms with Gasteiger partial charge in [0.1, 0.15) is 6.10 Å². The molecule has 3 aromatic carbocycles. The van der Waals surface area contributed by atoms with Gasteiger partial charge in [-0.15, -0.1) is 0 Å². The summed E-state index contributed by atoms with van der Waals surface area (Å²) in [6.45, 7) is 9.50. The highest BCUT2D eigenvalue weighted by Crippen LogP contribution is 2.20. The average molecular weight is 465 g/mol. The van der Waals surface area contributed by atoms with E-state index in [2.05, 4.69) is 56.4 Å². The van der Waals surface area contributed by atoms with Crippen molar-refractivity contribution in [2.45, 2.75) is 59.0 Å². The van der Waals surface area contributed by atoms with Crippen molar-refractivity contribution in [3.63, 3.8) is 0 Å². The molecule has 0 saturated heterocycles. The van der Waals surface area contributed by atoms with Gasteiger partial charge in [0.15, 0.2) is 0 Å². The van der Waals surface area contributed by atoms with Gasteiger partial charge in [-0.25, -0.2) is 0 Å². The summed E-state index contributed by atoms with van der Waals surface area (Å²) >= 11 is 0. The third kappa shape index (κ3) is 13.3. The molecule has 1 unspecified atom stereocenters. The van der Waals surface area contributed by atoms with Gasteiger partial charge in [-0.1, -0.05) is 131 Å². The molecule has 0 fully saturated rings. The summed E-state index contributed by atoms with van der Waals surface area (Å²) in [6.07, 6.45) is 5.65. The van der Waals surface area contributed by atoms with Crippen molar-refractivity contribution in [2.24, 2.45) is 11.7 Å². The van der Waals surface area contributed by atoms with Gasteiger partial charge in [-0.3, -0.25) is 0 Å². The van der Waals surface area contributed by atoms with Crippen LogP contribution in [0, 0.1) is 5.92 Å². The topological polar surface area (TPSA) is 58.3 Å². The predicted octanol–water partition coefficient (Wildman–Crippen LogP) is 7.01. The highest BCUT2D eigenvalue weighted by Gasteiger charge is 2.07. The van der Waals surface area contributed by atoms with Crippen molar-refractivity contribution in [3.05, 3.63) is 108 Å². The molecule has 3 nitrogen and oxygen atoms in total. The van der Waals surface area contributed by atoms with E-state index in [1.807, 2.05) is 60.7 Å². The first-order chi connectivity index (χ1) is 16.7. The lowest BCUT2D eigenvalue weighted by molar-refractivity contribution is 0.220. The number of unbranched alkanes of at least 4 members (excludes halogenated alkanes) is 1. The maximum Gasteiger partial charge on any atom is 0.104 e. The van der Waals surface area contributed by atoms with Crippen LogP contribution < -0.4 is 11.1 Å². The van der Waals surface area contributed by atoms with E-state index in [1.54, 1.807) is 0 Å². The Bertz CT molecular complexity index is 770. The molecule has 1 atom stereocenters. The minimum absolute atomic E-state index is 0. The minimum Gasteiger partial charge on any atom is -0.384 e. The summed E-state index contributed by atoms with van der Waals surface area (Å²) in [5, 5.41) is 13.5. The summed E-state index contributed by atoms with van der Waals surface area (Å²) in [4.78, 5) is 0. The lowest BCUT2D eigenvalue weighted by Gasteiger charge is -2.12. The first kappa shape index (κ1) is 29.6. The molecule has 3 rings (SSSR count). The zero-order valence-electron chi connectivity index (χ0n) is 21.5. The van der Waals surface area contributed by atoms with Crippen LogP contribution in [0.1, 0.15) is 70.7 Å². The number of rotatable bonds is 11. The molecule has 3 heteroatoms. The van der Waals surface area contributed by atoms with Gasteiger partial charge in [0.2, 0.25) is 0 Å². The van der Waals surface area contributed by atoms with Crippen LogP contribution >= 0.6 is 0 Å². The highest BCUT2D eigenvalue weighted by atomic mass is 16.3. The smallest absolute Gasteiger partial charge is 0.104 e. The van der Waals surface area contributed by atoms with E-state index < -0.39 is 6.10 Å². The van der Waals surface area contributed by atoms with Crippen molar-refractivity contribution in [1.29, 1.82) is 0 Å². The number of aliphatic hydroxyl groups excluding tert-OH is 1. The zero-order valence-corrected chi connectivity index (χ0v) is 21.5. The number of benzene rings is 3.